The average molecular weight is 373 g/mol. The molecule has 1 atom stereocenters. The van der Waals surface area contributed by atoms with Gasteiger partial charge in [0, 0.05) is 0 Å². The lowest BCUT2D eigenvalue weighted by Crippen LogP contribution is -2.39. The van der Waals surface area contributed by atoms with E-state index in [0.29, 0.717) is 18.5 Å². The summed E-state index contributed by atoms with van der Waals surface area (Å²) in [6, 6.07) is 7.17. The van der Waals surface area contributed by atoms with E-state index in [0.717, 1.165) is 42.2 Å². The topological polar surface area (TPSA) is 107 Å². The first-order valence-electron chi connectivity index (χ1n) is 9.53. The van der Waals surface area contributed by atoms with Gasteiger partial charge in [0.25, 0.3) is 5.91 Å². The van der Waals surface area contributed by atoms with Crippen LogP contribution in [0.5, 0.6) is 5.88 Å². The molecule has 1 aromatic heterocycles. The van der Waals surface area contributed by atoms with Gasteiger partial charge in [-0.05, 0) is 44.1 Å². The van der Waals surface area contributed by atoms with E-state index in [-0.39, 0.29) is 11.8 Å². The number of hydrogen-bond donors (Lipinski definition) is 4. The summed E-state index contributed by atoms with van der Waals surface area (Å²) >= 11 is 0. The maximum Gasteiger partial charge on any atom is 0.329 e. The molecule has 7 nitrogen and oxygen atoms in total. The van der Waals surface area contributed by atoms with E-state index < -0.39 is 17.6 Å². The summed E-state index contributed by atoms with van der Waals surface area (Å²) in [6.45, 7) is 2.02. The van der Waals surface area contributed by atoms with Crippen LogP contribution in [0.15, 0.2) is 29.1 Å². The molecule has 0 bridgehead atoms. The van der Waals surface area contributed by atoms with Gasteiger partial charge in [-0.1, -0.05) is 49.1 Å². The van der Waals surface area contributed by atoms with Gasteiger partial charge in [0.1, 0.15) is 6.04 Å². The minimum Gasteiger partial charge on any atom is -0.493 e. The third-order valence-electron chi connectivity index (χ3n) is 5.51. The van der Waals surface area contributed by atoms with Crippen LogP contribution in [0.2, 0.25) is 0 Å². The Morgan fingerprint density at radius 2 is 1.89 bits per heavy atom. The van der Waals surface area contributed by atoms with Crippen LogP contribution < -0.4 is 11.2 Å². The van der Waals surface area contributed by atoms with Crippen molar-refractivity contribution >= 4 is 5.91 Å². The Morgan fingerprint density at radius 1 is 1.22 bits per heavy atom. The average Bonchev–Trinajstić information content (AvgIpc) is 2.96. The van der Waals surface area contributed by atoms with Crippen molar-refractivity contribution in [3.8, 4) is 5.88 Å². The maximum absolute atomic E-state index is 12.5. The van der Waals surface area contributed by atoms with E-state index in [2.05, 4.69) is 4.98 Å². The first-order valence-corrected chi connectivity index (χ1v) is 9.53. The maximum atomic E-state index is 12.5. The van der Waals surface area contributed by atoms with Gasteiger partial charge >= 0.3 is 5.69 Å². The zero-order valence-corrected chi connectivity index (χ0v) is 15.6. The highest BCUT2D eigenvalue weighted by Crippen LogP contribution is 2.35. The molecule has 1 aliphatic carbocycles. The Balaban J connectivity index is 1.84. The summed E-state index contributed by atoms with van der Waals surface area (Å²) in [7, 11) is 0. The number of aromatic hydroxyl groups is 1. The largest absolute Gasteiger partial charge is 0.493 e. The van der Waals surface area contributed by atoms with E-state index in [1.807, 2.05) is 31.2 Å². The lowest BCUT2D eigenvalue weighted by Gasteiger charge is -2.29. The summed E-state index contributed by atoms with van der Waals surface area (Å²) in [4.78, 5) is 27.5. The molecule has 1 unspecified atom stereocenters. The molecular weight excluding hydrogens is 346 g/mol. The molecular formula is C20H27N3O4. The second-order valence-corrected chi connectivity index (χ2v) is 7.41. The van der Waals surface area contributed by atoms with Crippen molar-refractivity contribution in [3.63, 3.8) is 0 Å². The number of hydroxylamine groups is 1. The van der Waals surface area contributed by atoms with Crippen molar-refractivity contribution < 1.29 is 15.1 Å². The highest BCUT2D eigenvalue weighted by atomic mass is 16.5. The van der Waals surface area contributed by atoms with E-state index in [9.17, 15) is 14.7 Å². The number of aryl methyl sites for hydroxylation is 3. The van der Waals surface area contributed by atoms with Crippen LogP contribution in [-0.2, 0) is 17.6 Å². The zero-order chi connectivity index (χ0) is 19.4. The predicted octanol–water partition coefficient (Wildman–Crippen LogP) is 2.60. The third-order valence-corrected chi connectivity index (χ3v) is 5.51. The number of nitrogens with one attached hydrogen (secondary N) is 2. The molecule has 3 rings (SSSR count). The van der Waals surface area contributed by atoms with Crippen molar-refractivity contribution in [2.75, 3.05) is 0 Å². The number of nitrogens with zero attached hydrogens (tertiary/aromatic N) is 1. The standard InChI is InChI=1S/C20H27N3O4/c1-13-7-9-14(10-8-13)11-12-16-19(25)23(20(26)21-16)17(18(24)22-27)15-5-3-2-4-6-15/h7-10,15,17,25,27H,2-6,11-12H2,1H3,(H,21,26)(H,22,24). The number of carbonyl (C=O) groups excluding carboxylic acids is 1. The fraction of sp³-hybridized carbons (Fsp3) is 0.500. The fourth-order valence-corrected chi connectivity index (χ4v) is 4.00. The normalized spacial score (nSPS) is 16.2. The van der Waals surface area contributed by atoms with Gasteiger partial charge in [-0.15, -0.1) is 0 Å². The van der Waals surface area contributed by atoms with Crippen LogP contribution in [-0.4, -0.2) is 25.8 Å². The van der Waals surface area contributed by atoms with Gasteiger partial charge in [0.2, 0.25) is 5.88 Å². The van der Waals surface area contributed by atoms with Crippen molar-refractivity contribution in [1.82, 2.24) is 15.0 Å². The summed E-state index contributed by atoms with van der Waals surface area (Å²) in [5, 5.41) is 19.8. The van der Waals surface area contributed by atoms with E-state index in [1.165, 1.54) is 5.56 Å². The Kier molecular flexibility index (Phi) is 6.01. The number of aromatic amines is 1. The lowest BCUT2D eigenvalue weighted by atomic mass is 9.83. The van der Waals surface area contributed by atoms with Crippen LogP contribution in [0.25, 0.3) is 0 Å². The molecule has 0 spiro atoms. The highest BCUT2D eigenvalue weighted by molar-refractivity contribution is 5.79. The first kappa shape index (κ1) is 19.2. The van der Waals surface area contributed by atoms with Crippen molar-refractivity contribution in [2.24, 2.45) is 5.92 Å². The summed E-state index contributed by atoms with van der Waals surface area (Å²) in [6.07, 6.45) is 5.73. The quantitative estimate of drug-likeness (QED) is 0.461. The molecule has 0 saturated heterocycles. The third kappa shape index (κ3) is 4.24. The fourth-order valence-electron chi connectivity index (χ4n) is 4.00. The van der Waals surface area contributed by atoms with Gasteiger partial charge < -0.3 is 10.1 Å². The van der Waals surface area contributed by atoms with E-state index in [1.54, 1.807) is 5.48 Å². The number of rotatable bonds is 6. The molecule has 0 radical (unpaired) electrons. The van der Waals surface area contributed by atoms with Crippen LogP contribution in [0, 0.1) is 12.8 Å². The minimum absolute atomic E-state index is 0.0877. The monoisotopic (exact) mass is 373 g/mol. The molecule has 4 N–H and O–H groups in total. The van der Waals surface area contributed by atoms with Gasteiger partial charge in [0.05, 0.1) is 5.69 Å². The molecule has 1 heterocycles. The zero-order valence-electron chi connectivity index (χ0n) is 15.6. The number of benzene rings is 1. The summed E-state index contributed by atoms with van der Waals surface area (Å²) in [5.74, 6) is -0.968. The van der Waals surface area contributed by atoms with Gasteiger partial charge in [0.15, 0.2) is 0 Å². The molecule has 7 heteroatoms. The van der Waals surface area contributed by atoms with Crippen LogP contribution >= 0.6 is 0 Å². The van der Waals surface area contributed by atoms with Crippen molar-refractivity contribution in [1.29, 1.82) is 0 Å². The molecule has 27 heavy (non-hydrogen) atoms. The van der Waals surface area contributed by atoms with Crippen molar-refractivity contribution in [3.05, 3.63) is 51.6 Å². The Hall–Kier alpha value is -2.54. The van der Waals surface area contributed by atoms with E-state index in [4.69, 9.17) is 5.21 Å². The van der Waals surface area contributed by atoms with Crippen LogP contribution in [0.1, 0.15) is 55.0 Å². The number of H-pyrrole nitrogens is 1. The molecule has 1 aromatic carbocycles. The van der Waals surface area contributed by atoms with Gasteiger partial charge in [-0.3, -0.25) is 14.6 Å². The SMILES string of the molecule is Cc1ccc(CCc2[nH]c(=O)n(C(C(=O)NO)C3CCCCC3)c2O)cc1. The molecule has 0 aliphatic heterocycles. The molecule has 1 amide bonds. The number of aromatic nitrogens is 2. The number of carbonyl (C=O) groups is 1. The number of amides is 1. The number of hydrogen-bond acceptors (Lipinski definition) is 4. The Bertz CT molecular complexity index is 832. The van der Waals surface area contributed by atoms with E-state index >= 15 is 0 Å². The molecule has 1 saturated carbocycles. The highest BCUT2D eigenvalue weighted by Gasteiger charge is 2.34. The lowest BCUT2D eigenvalue weighted by molar-refractivity contribution is -0.135. The van der Waals surface area contributed by atoms with Gasteiger partial charge in [-0.25, -0.2) is 10.3 Å². The van der Waals surface area contributed by atoms with Crippen LogP contribution in [0.3, 0.4) is 0 Å². The van der Waals surface area contributed by atoms with Gasteiger partial charge in [-0.2, -0.15) is 0 Å². The second-order valence-electron chi connectivity index (χ2n) is 7.41. The molecule has 146 valence electrons. The minimum atomic E-state index is -0.910. The predicted molar refractivity (Wildman–Crippen MR) is 101 cm³/mol. The molecule has 1 aliphatic rings. The smallest absolute Gasteiger partial charge is 0.329 e. The van der Waals surface area contributed by atoms with Crippen molar-refractivity contribution in [2.45, 2.75) is 57.9 Å². The molecule has 1 fully saturated rings. The Labute approximate surface area is 158 Å². The summed E-state index contributed by atoms with van der Waals surface area (Å²) in [5.41, 5.74) is 3.83. The second kappa shape index (κ2) is 8.43. The summed E-state index contributed by atoms with van der Waals surface area (Å²) < 4.78 is 1.10. The first-order chi connectivity index (χ1) is 13.0. The number of imidazole rings is 1. The van der Waals surface area contributed by atoms with Crippen LogP contribution in [0.4, 0.5) is 0 Å². The Morgan fingerprint density at radius 3 is 2.52 bits per heavy atom. The molecule has 2 aromatic rings.